The summed E-state index contributed by atoms with van der Waals surface area (Å²) in [5.74, 6) is 0.389. The molecule has 1 aromatic carbocycles. The van der Waals surface area contributed by atoms with E-state index in [2.05, 4.69) is 5.32 Å². The molecule has 0 spiro atoms. The summed E-state index contributed by atoms with van der Waals surface area (Å²) in [4.78, 5) is 10.2. The zero-order valence-corrected chi connectivity index (χ0v) is 10.1. The van der Waals surface area contributed by atoms with Crippen LogP contribution in [0.25, 0.3) is 0 Å². The summed E-state index contributed by atoms with van der Waals surface area (Å²) in [6, 6.07) is 4.70. The third kappa shape index (κ3) is 2.68. The van der Waals surface area contributed by atoms with E-state index in [1.807, 2.05) is 7.05 Å². The Hall–Kier alpha value is -1.33. The number of hydrogen-bond donors (Lipinski definition) is 1. The molecule has 2 rings (SSSR count). The predicted octanol–water partition coefficient (Wildman–Crippen LogP) is 2.38. The summed E-state index contributed by atoms with van der Waals surface area (Å²) < 4.78 is 5.63. The fraction of sp³-hybridized carbons (Fsp3) is 0.455. The van der Waals surface area contributed by atoms with Gasteiger partial charge < -0.3 is 10.1 Å². The lowest BCUT2D eigenvalue weighted by molar-refractivity contribution is -0.385. The topological polar surface area (TPSA) is 64.4 Å². The van der Waals surface area contributed by atoms with Crippen LogP contribution in [-0.2, 0) is 0 Å². The molecule has 0 aliphatic heterocycles. The van der Waals surface area contributed by atoms with Gasteiger partial charge in [-0.15, -0.1) is 0 Å². The molecule has 0 heterocycles. The molecule has 1 fully saturated rings. The minimum Gasteiger partial charge on any atom is -0.488 e. The molecule has 17 heavy (non-hydrogen) atoms. The second kappa shape index (κ2) is 4.89. The standard InChI is InChI=1S/C11H13ClN2O3/c1-13-7-4-9(5-7)17-11-6-8(14(15)16)2-3-10(11)12/h2-3,6-7,9,13H,4-5H2,1H3. The number of non-ortho nitro benzene ring substituents is 1. The average Bonchev–Trinajstić information content (AvgIpc) is 2.24. The molecule has 0 unspecified atom stereocenters. The smallest absolute Gasteiger partial charge is 0.273 e. The lowest BCUT2D eigenvalue weighted by Gasteiger charge is -2.35. The third-order valence-electron chi connectivity index (χ3n) is 2.92. The van der Waals surface area contributed by atoms with Gasteiger partial charge in [-0.2, -0.15) is 0 Å². The summed E-state index contributed by atoms with van der Waals surface area (Å²) in [6.45, 7) is 0. The molecule has 0 atom stereocenters. The normalized spacial score (nSPS) is 22.9. The summed E-state index contributed by atoms with van der Waals surface area (Å²) in [7, 11) is 1.90. The van der Waals surface area contributed by atoms with E-state index >= 15 is 0 Å². The number of rotatable bonds is 4. The van der Waals surface area contributed by atoms with Crippen molar-refractivity contribution >= 4 is 17.3 Å². The number of nitro groups is 1. The van der Waals surface area contributed by atoms with Crippen LogP contribution >= 0.6 is 11.6 Å². The molecule has 0 saturated heterocycles. The molecule has 0 aromatic heterocycles. The van der Waals surface area contributed by atoms with Crippen LogP contribution in [0.4, 0.5) is 5.69 Å². The maximum Gasteiger partial charge on any atom is 0.273 e. The fourth-order valence-electron chi connectivity index (χ4n) is 1.77. The first-order chi connectivity index (χ1) is 8.10. The number of benzene rings is 1. The molecular formula is C11H13ClN2O3. The monoisotopic (exact) mass is 256 g/mol. The summed E-state index contributed by atoms with van der Waals surface area (Å²) in [6.07, 6.45) is 1.89. The molecule has 1 N–H and O–H groups in total. The molecule has 0 radical (unpaired) electrons. The van der Waals surface area contributed by atoms with Crippen LogP contribution in [-0.4, -0.2) is 24.1 Å². The lowest BCUT2D eigenvalue weighted by atomic mass is 9.89. The second-order valence-corrected chi connectivity index (χ2v) is 4.48. The molecule has 1 saturated carbocycles. The van der Waals surface area contributed by atoms with Crippen LogP contribution in [0.2, 0.25) is 5.02 Å². The fourth-order valence-corrected chi connectivity index (χ4v) is 1.94. The van der Waals surface area contributed by atoms with Crippen molar-refractivity contribution in [3.05, 3.63) is 33.3 Å². The van der Waals surface area contributed by atoms with Crippen molar-refractivity contribution in [1.82, 2.24) is 5.32 Å². The Kier molecular flexibility index (Phi) is 3.49. The lowest BCUT2D eigenvalue weighted by Crippen LogP contribution is -2.45. The minimum absolute atomic E-state index is 0.00566. The minimum atomic E-state index is -0.458. The van der Waals surface area contributed by atoms with Crippen molar-refractivity contribution in [3.8, 4) is 5.75 Å². The van der Waals surface area contributed by atoms with Gasteiger partial charge in [0.2, 0.25) is 0 Å². The van der Waals surface area contributed by atoms with Crippen molar-refractivity contribution in [1.29, 1.82) is 0 Å². The first-order valence-electron chi connectivity index (χ1n) is 5.38. The Morgan fingerprint density at radius 2 is 2.24 bits per heavy atom. The van der Waals surface area contributed by atoms with Gasteiger partial charge in [0.25, 0.3) is 5.69 Å². The van der Waals surface area contributed by atoms with Crippen LogP contribution in [0.5, 0.6) is 5.75 Å². The van der Waals surface area contributed by atoms with Gasteiger partial charge >= 0.3 is 0 Å². The average molecular weight is 257 g/mol. The zero-order chi connectivity index (χ0) is 12.4. The van der Waals surface area contributed by atoms with Gasteiger partial charge in [-0.05, 0) is 26.0 Å². The Balaban J connectivity index is 2.05. The van der Waals surface area contributed by atoms with Crippen molar-refractivity contribution in [2.75, 3.05) is 7.05 Å². The second-order valence-electron chi connectivity index (χ2n) is 4.07. The van der Waals surface area contributed by atoms with E-state index in [-0.39, 0.29) is 11.8 Å². The highest BCUT2D eigenvalue weighted by atomic mass is 35.5. The van der Waals surface area contributed by atoms with E-state index in [4.69, 9.17) is 16.3 Å². The Bertz CT molecular complexity index is 433. The maximum atomic E-state index is 10.6. The molecule has 1 aliphatic carbocycles. The van der Waals surface area contributed by atoms with Crippen LogP contribution in [0.1, 0.15) is 12.8 Å². The van der Waals surface area contributed by atoms with E-state index in [0.29, 0.717) is 16.8 Å². The predicted molar refractivity (Wildman–Crippen MR) is 64.6 cm³/mol. The van der Waals surface area contributed by atoms with Gasteiger partial charge in [-0.1, -0.05) is 11.6 Å². The SMILES string of the molecule is CNC1CC(Oc2cc([N+](=O)[O-])ccc2Cl)C1. The maximum absolute atomic E-state index is 10.6. The van der Waals surface area contributed by atoms with Gasteiger partial charge in [-0.25, -0.2) is 0 Å². The van der Waals surface area contributed by atoms with Crippen molar-refractivity contribution < 1.29 is 9.66 Å². The van der Waals surface area contributed by atoms with E-state index in [9.17, 15) is 10.1 Å². The summed E-state index contributed by atoms with van der Waals surface area (Å²) in [5, 5.41) is 14.2. The largest absolute Gasteiger partial charge is 0.488 e. The molecule has 6 heteroatoms. The zero-order valence-electron chi connectivity index (χ0n) is 9.35. The summed E-state index contributed by atoms with van der Waals surface area (Å²) >= 11 is 5.93. The van der Waals surface area contributed by atoms with Crippen LogP contribution in [0.15, 0.2) is 18.2 Å². The molecule has 1 aliphatic rings. The first-order valence-corrected chi connectivity index (χ1v) is 5.76. The van der Waals surface area contributed by atoms with Crippen molar-refractivity contribution in [2.24, 2.45) is 0 Å². The van der Waals surface area contributed by atoms with E-state index in [1.165, 1.54) is 18.2 Å². The number of halogens is 1. The molecule has 92 valence electrons. The Labute approximate surface area is 104 Å². The summed E-state index contributed by atoms with van der Waals surface area (Å²) in [5.41, 5.74) is -0.00566. The van der Waals surface area contributed by atoms with Gasteiger partial charge in [0, 0.05) is 12.1 Å². The van der Waals surface area contributed by atoms with Crippen LogP contribution in [0, 0.1) is 10.1 Å². The Morgan fingerprint density at radius 3 is 2.82 bits per heavy atom. The quantitative estimate of drug-likeness (QED) is 0.664. The van der Waals surface area contributed by atoms with E-state index < -0.39 is 4.92 Å². The number of nitrogens with one attached hydrogen (secondary N) is 1. The number of nitrogens with zero attached hydrogens (tertiary/aromatic N) is 1. The number of nitro benzene ring substituents is 1. The van der Waals surface area contributed by atoms with Crippen LogP contribution < -0.4 is 10.1 Å². The molecule has 0 amide bonds. The molecule has 1 aromatic rings. The van der Waals surface area contributed by atoms with Gasteiger partial charge in [0.1, 0.15) is 11.9 Å². The highest BCUT2D eigenvalue weighted by Gasteiger charge is 2.30. The van der Waals surface area contributed by atoms with Crippen molar-refractivity contribution in [3.63, 3.8) is 0 Å². The van der Waals surface area contributed by atoms with E-state index in [1.54, 1.807) is 0 Å². The Morgan fingerprint density at radius 1 is 1.53 bits per heavy atom. The molecular weight excluding hydrogens is 244 g/mol. The van der Waals surface area contributed by atoms with E-state index in [0.717, 1.165) is 12.8 Å². The van der Waals surface area contributed by atoms with Gasteiger partial charge in [0.05, 0.1) is 16.0 Å². The number of hydrogen-bond acceptors (Lipinski definition) is 4. The van der Waals surface area contributed by atoms with Crippen LogP contribution in [0.3, 0.4) is 0 Å². The van der Waals surface area contributed by atoms with Crippen molar-refractivity contribution in [2.45, 2.75) is 25.0 Å². The van der Waals surface area contributed by atoms with Gasteiger partial charge in [-0.3, -0.25) is 10.1 Å². The highest BCUT2D eigenvalue weighted by molar-refractivity contribution is 6.32. The molecule has 5 nitrogen and oxygen atoms in total. The van der Waals surface area contributed by atoms with Gasteiger partial charge in [0.15, 0.2) is 0 Å². The molecule has 0 bridgehead atoms. The number of ether oxygens (including phenoxy) is 1. The first kappa shape index (κ1) is 12.1. The third-order valence-corrected chi connectivity index (χ3v) is 3.23. The highest BCUT2D eigenvalue weighted by Crippen LogP contribution is 2.33.